The van der Waals surface area contributed by atoms with Gasteiger partial charge < -0.3 is 4.57 Å². The van der Waals surface area contributed by atoms with Gasteiger partial charge in [0.2, 0.25) is 0 Å². The fourth-order valence-corrected chi connectivity index (χ4v) is 3.50. The molecule has 0 bridgehead atoms. The molecule has 0 aliphatic rings. The maximum Gasteiger partial charge on any atom is 0.331 e. The molecule has 0 N–H and O–H groups in total. The zero-order chi connectivity index (χ0) is 19.2. The Morgan fingerprint density at radius 2 is 1.73 bits per heavy atom. The van der Waals surface area contributed by atoms with E-state index in [0.717, 1.165) is 21.3 Å². The highest BCUT2D eigenvalue weighted by Gasteiger charge is 2.20. The quantitative estimate of drug-likeness (QED) is 0.677. The molecule has 6 heteroatoms. The van der Waals surface area contributed by atoms with E-state index in [1.54, 1.807) is 15.3 Å². The van der Waals surface area contributed by atoms with Crippen LogP contribution in [0, 0.1) is 13.8 Å². The summed E-state index contributed by atoms with van der Waals surface area (Å²) in [6, 6.07) is 5.91. The molecule has 6 nitrogen and oxygen atoms in total. The van der Waals surface area contributed by atoms with E-state index in [0.29, 0.717) is 29.4 Å². The first-order chi connectivity index (χ1) is 12.3. The van der Waals surface area contributed by atoms with Crippen molar-refractivity contribution in [3.63, 3.8) is 0 Å². The minimum atomic E-state index is -0.441. The van der Waals surface area contributed by atoms with Gasteiger partial charge in [-0.3, -0.25) is 18.7 Å². The highest BCUT2D eigenvalue weighted by Crippen LogP contribution is 2.22. The maximum absolute atomic E-state index is 12.7. The van der Waals surface area contributed by atoms with Gasteiger partial charge in [0.05, 0.1) is 16.6 Å². The number of carbonyl (C=O) groups is 1. The first kappa shape index (κ1) is 17.9. The molecule has 0 amide bonds. The molecule has 0 fully saturated rings. The SMILES string of the molecule is Cc1cccc(C)c1Cn1cc2c(c1C=O)c(=O)n(C)c(=O)n2C(C)C. The summed E-state index contributed by atoms with van der Waals surface area (Å²) in [6.07, 6.45) is 2.44. The van der Waals surface area contributed by atoms with Crippen molar-refractivity contribution in [2.75, 3.05) is 0 Å². The number of aryl methyl sites for hydroxylation is 2. The Balaban J connectivity index is 2.37. The van der Waals surface area contributed by atoms with Gasteiger partial charge in [-0.05, 0) is 44.4 Å². The van der Waals surface area contributed by atoms with Crippen molar-refractivity contribution in [1.82, 2.24) is 13.7 Å². The summed E-state index contributed by atoms with van der Waals surface area (Å²) in [5, 5.41) is 0.294. The molecule has 0 saturated heterocycles. The van der Waals surface area contributed by atoms with Gasteiger partial charge in [0.25, 0.3) is 5.56 Å². The van der Waals surface area contributed by atoms with Crippen LogP contribution in [0.3, 0.4) is 0 Å². The Kier molecular flexibility index (Phi) is 4.44. The van der Waals surface area contributed by atoms with Crippen molar-refractivity contribution in [3.05, 3.63) is 67.6 Å². The molecule has 0 radical (unpaired) electrons. The van der Waals surface area contributed by atoms with Crippen LogP contribution in [0.4, 0.5) is 0 Å². The lowest BCUT2D eigenvalue weighted by Crippen LogP contribution is -2.38. The molecule has 3 aromatic rings. The topological polar surface area (TPSA) is 66.0 Å². The van der Waals surface area contributed by atoms with Crippen LogP contribution in [0.5, 0.6) is 0 Å². The lowest BCUT2D eigenvalue weighted by Gasteiger charge is -2.12. The van der Waals surface area contributed by atoms with Crippen LogP contribution in [0.25, 0.3) is 10.9 Å². The van der Waals surface area contributed by atoms with E-state index in [-0.39, 0.29) is 11.7 Å². The summed E-state index contributed by atoms with van der Waals surface area (Å²) in [7, 11) is 1.44. The Labute approximate surface area is 151 Å². The number of aromatic nitrogens is 3. The molecule has 0 spiro atoms. The molecular weight excluding hydrogens is 330 g/mol. The molecule has 0 aliphatic heterocycles. The fraction of sp³-hybridized carbons (Fsp3) is 0.350. The van der Waals surface area contributed by atoms with Crippen LogP contribution in [-0.2, 0) is 13.6 Å². The van der Waals surface area contributed by atoms with Crippen LogP contribution in [0.1, 0.15) is 47.1 Å². The Morgan fingerprint density at radius 1 is 1.12 bits per heavy atom. The van der Waals surface area contributed by atoms with Crippen molar-refractivity contribution in [2.45, 2.75) is 40.3 Å². The van der Waals surface area contributed by atoms with Crippen molar-refractivity contribution in [1.29, 1.82) is 0 Å². The summed E-state index contributed by atoms with van der Waals surface area (Å²) in [5.41, 5.74) is 3.33. The maximum atomic E-state index is 12.7. The molecule has 2 aromatic heterocycles. The number of fused-ring (bicyclic) bond motifs is 1. The van der Waals surface area contributed by atoms with Gasteiger partial charge in [-0.1, -0.05) is 18.2 Å². The second-order valence-electron chi connectivity index (χ2n) is 7.00. The van der Waals surface area contributed by atoms with Gasteiger partial charge in [0.15, 0.2) is 6.29 Å². The fourth-order valence-electron chi connectivity index (χ4n) is 3.50. The monoisotopic (exact) mass is 353 g/mol. The molecule has 1 aromatic carbocycles. The normalized spacial score (nSPS) is 11.5. The second kappa shape index (κ2) is 6.44. The molecule has 2 heterocycles. The number of carbonyl (C=O) groups excluding carboxylic acids is 1. The van der Waals surface area contributed by atoms with Gasteiger partial charge in [0.1, 0.15) is 0 Å². The summed E-state index contributed by atoms with van der Waals surface area (Å²) < 4.78 is 4.40. The first-order valence-corrected chi connectivity index (χ1v) is 8.62. The van der Waals surface area contributed by atoms with E-state index in [1.165, 1.54) is 7.05 Å². The van der Waals surface area contributed by atoms with Gasteiger partial charge in [0, 0.05) is 25.8 Å². The van der Waals surface area contributed by atoms with E-state index in [4.69, 9.17) is 0 Å². The third kappa shape index (κ3) is 2.62. The molecule has 0 unspecified atom stereocenters. The highest BCUT2D eigenvalue weighted by atomic mass is 16.2. The Bertz CT molecular complexity index is 1110. The standard InChI is InChI=1S/C20H23N3O3/c1-12(2)23-16-10-22(9-15-13(3)7-6-8-14(15)4)17(11-24)18(16)19(25)21(5)20(23)26/h6-8,10-12H,9H2,1-5H3. The van der Waals surface area contributed by atoms with Crippen LogP contribution in [-0.4, -0.2) is 20.0 Å². The van der Waals surface area contributed by atoms with E-state index >= 15 is 0 Å². The van der Waals surface area contributed by atoms with E-state index in [9.17, 15) is 14.4 Å². The largest absolute Gasteiger partial charge is 0.338 e. The molecule has 26 heavy (non-hydrogen) atoms. The van der Waals surface area contributed by atoms with Crippen LogP contribution in [0.15, 0.2) is 34.0 Å². The van der Waals surface area contributed by atoms with Gasteiger partial charge >= 0.3 is 5.69 Å². The van der Waals surface area contributed by atoms with Crippen LogP contribution < -0.4 is 11.2 Å². The van der Waals surface area contributed by atoms with Gasteiger partial charge in [-0.2, -0.15) is 0 Å². The van der Waals surface area contributed by atoms with E-state index in [1.807, 2.05) is 45.9 Å². The summed E-state index contributed by atoms with van der Waals surface area (Å²) in [5.74, 6) is 0. The van der Waals surface area contributed by atoms with E-state index < -0.39 is 5.56 Å². The lowest BCUT2D eigenvalue weighted by atomic mass is 10.0. The average molecular weight is 353 g/mol. The predicted octanol–water partition coefficient (Wildman–Crippen LogP) is 2.56. The molecule has 0 saturated carbocycles. The van der Waals surface area contributed by atoms with Crippen molar-refractivity contribution in [3.8, 4) is 0 Å². The number of hydrogen-bond acceptors (Lipinski definition) is 3. The molecule has 136 valence electrons. The van der Waals surface area contributed by atoms with Crippen molar-refractivity contribution < 1.29 is 4.79 Å². The zero-order valence-electron chi connectivity index (χ0n) is 15.7. The highest BCUT2D eigenvalue weighted by molar-refractivity contribution is 5.95. The third-order valence-corrected chi connectivity index (χ3v) is 4.97. The number of hydrogen-bond donors (Lipinski definition) is 0. The average Bonchev–Trinajstić information content (AvgIpc) is 2.94. The summed E-state index contributed by atoms with van der Waals surface area (Å²) in [4.78, 5) is 37.1. The Morgan fingerprint density at radius 3 is 2.27 bits per heavy atom. The smallest absolute Gasteiger partial charge is 0.331 e. The Hall–Kier alpha value is -2.89. The summed E-state index contributed by atoms with van der Waals surface area (Å²) in [6.45, 7) is 8.28. The minimum absolute atomic E-state index is 0.132. The van der Waals surface area contributed by atoms with Crippen molar-refractivity contribution in [2.24, 2.45) is 7.05 Å². The number of aldehydes is 1. The third-order valence-electron chi connectivity index (χ3n) is 4.97. The second-order valence-corrected chi connectivity index (χ2v) is 7.00. The van der Waals surface area contributed by atoms with Gasteiger partial charge in [-0.25, -0.2) is 4.79 Å². The van der Waals surface area contributed by atoms with Crippen LogP contribution in [0.2, 0.25) is 0 Å². The number of benzene rings is 1. The zero-order valence-corrected chi connectivity index (χ0v) is 15.7. The predicted molar refractivity (Wildman–Crippen MR) is 102 cm³/mol. The molecule has 0 atom stereocenters. The number of rotatable bonds is 4. The van der Waals surface area contributed by atoms with Crippen LogP contribution >= 0.6 is 0 Å². The molecule has 0 aliphatic carbocycles. The first-order valence-electron chi connectivity index (χ1n) is 8.62. The van der Waals surface area contributed by atoms with Gasteiger partial charge in [-0.15, -0.1) is 0 Å². The molecule has 3 rings (SSSR count). The van der Waals surface area contributed by atoms with Crippen molar-refractivity contribution >= 4 is 17.2 Å². The van der Waals surface area contributed by atoms with E-state index in [2.05, 4.69) is 0 Å². The molecular formula is C20H23N3O3. The summed E-state index contributed by atoms with van der Waals surface area (Å²) >= 11 is 0. The minimum Gasteiger partial charge on any atom is -0.338 e. The lowest BCUT2D eigenvalue weighted by molar-refractivity contribution is 0.111. The number of nitrogens with zero attached hydrogens (tertiary/aromatic N) is 3.